The minimum Gasteiger partial charge on any atom is -0.497 e. The number of ether oxygens (including phenoxy) is 2. The fourth-order valence-electron chi connectivity index (χ4n) is 4.67. The van der Waals surface area contributed by atoms with Gasteiger partial charge in [-0.2, -0.15) is 0 Å². The summed E-state index contributed by atoms with van der Waals surface area (Å²) in [6, 6.07) is 13.0. The number of rotatable bonds is 4. The zero-order valence-corrected chi connectivity index (χ0v) is 19.5. The molecule has 0 N–H and O–H groups in total. The summed E-state index contributed by atoms with van der Waals surface area (Å²) in [6.07, 6.45) is 0.946. The number of allylic oxidation sites excluding steroid dienone is 2. The van der Waals surface area contributed by atoms with Gasteiger partial charge in [-0.15, -0.1) is 0 Å². The van der Waals surface area contributed by atoms with E-state index in [-0.39, 0.29) is 11.7 Å². The van der Waals surface area contributed by atoms with Gasteiger partial charge in [-0.3, -0.25) is 14.6 Å². The van der Waals surface area contributed by atoms with Gasteiger partial charge in [-0.05, 0) is 54.7 Å². The van der Waals surface area contributed by atoms with Crippen molar-refractivity contribution in [2.45, 2.75) is 31.6 Å². The summed E-state index contributed by atoms with van der Waals surface area (Å²) in [5.41, 5.74) is 3.70. The van der Waals surface area contributed by atoms with Crippen LogP contribution in [0.4, 0.5) is 0 Å². The number of carbonyl (C=O) groups excluding carboxylic acids is 2. The van der Waals surface area contributed by atoms with Crippen LogP contribution in [0.5, 0.6) is 5.75 Å². The van der Waals surface area contributed by atoms with Crippen molar-refractivity contribution in [3.05, 3.63) is 74.9 Å². The van der Waals surface area contributed by atoms with E-state index >= 15 is 0 Å². The minimum absolute atomic E-state index is 0.00726. The van der Waals surface area contributed by atoms with Crippen molar-refractivity contribution in [2.75, 3.05) is 14.2 Å². The lowest BCUT2D eigenvalue weighted by Crippen LogP contribution is -2.37. The lowest BCUT2D eigenvalue weighted by atomic mass is 9.69. The van der Waals surface area contributed by atoms with Crippen molar-refractivity contribution in [2.24, 2.45) is 10.9 Å². The van der Waals surface area contributed by atoms with Crippen molar-refractivity contribution in [1.82, 2.24) is 0 Å². The van der Waals surface area contributed by atoms with Crippen LogP contribution in [-0.4, -0.2) is 31.7 Å². The first-order valence-corrected chi connectivity index (χ1v) is 11.1. The van der Waals surface area contributed by atoms with Crippen LogP contribution in [0.2, 0.25) is 10.0 Å². The first-order chi connectivity index (χ1) is 15.3. The molecule has 2 aliphatic rings. The minimum atomic E-state index is -0.697. The normalized spacial score (nSPS) is 22.8. The second kappa shape index (κ2) is 9.08. The van der Waals surface area contributed by atoms with Gasteiger partial charge in [0.05, 0.1) is 24.3 Å². The third kappa shape index (κ3) is 4.07. The molecule has 0 aromatic heterocycles. The van der Waals surface area contributed by atoms with Gasteiger partial charge in [0.25, 0.3) is 0 Å². The quantitative estimate of drug-likeness (QED) is 0.532. The second-order valence-corrected chi connectivity index (χ2v) is 8.88. The van der Waals surface area contributed by atoms with E-state index in [1.165, 1.54) is 7.11 Å². The predicted octanol–water partition coefficient (Wildman–Crippen LogP) is 5.75. The number of benzene rings is 2. The van der Waals surface area contributed by atoms with E-state index in [1.807, 2.05) is 24.3 Å². The average molecular weight is 472 g/mol. The molecule has 166 valence electrons. The number of aliphatic imine (C=N–C) groups is 1. The summed E-state index contributed by atoms with van der Waals surface area (Å²) in [5.74, 6) is -0.894. The Hall–Kier alpha value is -2.63. The highest BCUT2D eigenvalue weighted by atomic mass is 35.5. The monoisotopic (exact) mass is 471 g/mol. The van der Waals surface area contributed by atoms with Crippen molar-refractivity contribution < 1.29 is 19.1 Å². The maximum Gasteiger partial charge on any atom is 0.315 e. The first-order valence-electron chi connectivity index (χ1n) is 10.3. The number of esters is 1. The molecule has 7 heteroatoms. The smallest absolute Gasteiger partial charge is 0.315 e. The Kier molecular flexibility index (Phi) is 6.40. The highest BCUT2D eigenvalue weighted by Gasteiger charge is 2.44. The Morgan fingerprint density at radius 2 is 1.69 bits per heavy atom. The maximum atomic E-state index is 13.5. The molecule has 0 amide bonds. The Bertz CT molecular complexity index is 1140. The molecule has 0 spiro atoms. The topological polar surface area (TPSA) is 65.0 Å². The summed E-state index contributed by atoms with van der Waals surface area (Å²) in [6.45, 7) is 1.80. The van der Waals surface area contributed by atoms with Crippen molar-refractivity contribution in [1.29, 1.82) is 0 Å². The van der Waals surface area contributed by atoms with Gasteiger partial charge in [-0.1, -0.05) is 41.4 Å². The first kappa shape index (κ1) is 22.6. The molecule has 32 heavy (non-hydrogen) atoms. The van der Waals surface area contributed by atoms with Gasteiger partial charge in [0, 0.05) is 29.3 Å². The molecule has 2 aromatic carbocycles. The third-order valence-corrected chi connectivity index (χ3v) is 6.97. The summed E-state index contributed by atoms with van der Waals surface area (Å²) in [5, 5.41) is 0.782. The molecule has 1 aliphatic heterocycles. The molecule has 0 bridgehead atoms. The second-order valence-electron chi connectivity index (χ2n) is 8.07. The number of carbonyl (C=O) groups is 2. The van der Waals surface area contributed by atoms with Crippen molar-refractivity contribution in [3.63, 3.8) is 0 Å². The van der Waals surface area contributed by atoms with Gasteiger partial charge in [0.1, 0.15) is 11.7 Å². The number of nitrogens with zero attached hydrogens (tertiary/aromatic N) is 1. The third-order valence-electron chi connectivity index (χ3n) is 6.23. The SMILES string of the molecule is COC(=O)C1C(C)=NC2=C(C(=O)C[C@@H](c3ccc(OC)cc3)C2)[C@H]1c1ccc(Cl)c(Cl)c1. The van der Waals surface area contributed by atoms with E-state index in [0.717, 1.165) is 22.6 Å². The van der Waals surface area contributed by atoms with E-state index in [4.69, 9.17) is 37.7 Å². The zero-order chi connectivity index (χ0) is 23.0. The summed E-state index contributed by atoms with van der Waals surface area (Å²) >= 11 is 12.4. The Balaban J connectivity index is 1.79. The zero-order valence-electron chi connectivity index (χ0n) is 18.0. The molecular weight excluding hydrogens is 449 g/mol. The summed E-state index contributed by atoms with van der Waals surface area (Å²) < 4.78 is 10.3. The Morgan fingerprint density at radius 1 is 1.00 bits per heavy atom. The van der Waals surface area contributed by atoms with Gasteiger partial charge < -0.3 is 9.47 Å². The van der Waals surface area contributed by atoms with E-state index in [1.54, 1.807) is 32.2 Å². The predicted molar refractivity (Wildman–Crippen MR) is 125 cm³/mol. The number of methoxy groups -OCH3 is 2. The van der Waals surface area contributed by atoms with Crippen LogP contribution in [0.1, 0.15) is 42.7 Å². The van der Waals surface area contributed by atoms with Crippen LogP contribution in [0.3, 0.4) is 0 Å². The van der Waals surface area contributed by atoms with Crippen LogP contribution < -0.4 is 4.74 Å². The summed E-state index contributed by atoms with van der Waals surface area (Å²) in [7, 11) is 2.96. The molecule has 0 saturated carbocycles. The number of Topliss-reactive ketones (excluding diaryl/α,β-unsaturated/α-hetero) is 1. The molecule has 0 fully saturated rings. The van der Waals surface area contributed by atoms with Crippen LogP contribution in [-0.2, 0) is 14.3 Å². The van der Waals surface area contributed by atoms with Crippen LogP contribution in [0, 0.1) is 5.92 Å². The standard InChI is InChI=1S/C25H23Cl2NO4/c1-13-22(25(30)32-3)23(15-6-9-18(26)19(27)10-15)24-20(28-13)11-16(12-21(24)29)14-4-7-17(31-2)8-5-14/h4-10,16,22-23H,11-12H2,1-3H3/t16-,22?,23-/m0/s1. The molecule has 4 rings (SSSR count). The van der Waals surface area contributed by atoms with Crippen molar-refractivity contribution in [3.8, 4) is 5.75 Å². The molecule has 3 atom stereocenters. The van der Waals surface area contributed by atoms with E-state index in [9.17, 15) is 9.59 Å². The van der Waals surface area contributed by atoms with Crippen LogP contribution in [0.15, 0.2) is 58.7 Å². The largest absolute Gasteiger partial charge is 0.497 e. The van der Waals surface area contributed by atoms with Gasteiger partial charge in [0.2, 0.25) is 0 Å². The van der Waals surface area contributed by atoms with Crippen molar-refractivity contribution >= 4 is 40.7 Å². The molecule has 0 saturated heterocycles. The highest BCUT2D eigenvalue weighted by Crippen LogP contribution is 2.47. The van der Waals surface area contributed by atoms with Gasteiger partial charge in [0.15, 0.2) is 5.78 Å². The fraction of sp³-hybridized carbons (Fsp3) is 0.320. The number of ketones is 1. The lowest BCUT2D eigenvalue weighted by Gasteiger charge is -2.36. The van der Waals surface area contributed by atoms with Gasteiger partial charge >= 0.3 is 5.97 Å². The molecule has 1 aliphatic carbocycles. The molecule has 1 heterocycles. The molecule has 5 nitrogen and oxygen atoms in total. The molecule has 0 radical (unpaired) electrons. The lowest BCUT2D eigenvalue weighted by molar-refractivity contribution is -0.143. The Morgan fingerprint density at radius 3 is 2.31 bits per heavy atom. The maximum absolute atomic E-state index is 13.5. The van der Waals surface area contributed by atoms with E-state index < -0.39 is 17.8 Å². The number of halogens is 2. The van der Waals surface area contributed by atoms with E-state index in [0.29, 0.717) is 34.2 Å². The Labute approximate surface area is 197 Å². The van der Waals surface area contributed by atoms with E-state index in [2.05, 4.69) is 0 Å². The molecular formula is C25H23Cl2NO4. The fourth-order valence-corrected chi connectivity index (χ4v) is 4.98. The van der Waals surface area contributed by atoms with Gasteiger partial charge in [-0.25, -0.2) is 0 Å². The average Bonchev–Trinajstić information content (AvgIpc) is 2.79. The van der Waals surface area contributed by atoms with Crippen LogP contribution >= 0.6 is 23.2 Å². The number of hydrogen-bond donors (Lipinski definition) is 0. The molecule has 1 unspecified atom stereocenters. The molecule has 2 aromatic rings. The summed E-state index contributed by atoms with van der Waals surface area (Å²) in [4.78, 5) is 30.9. The number of hydrogen-bond acceptors (Lipinski definition) is 5. The highest BCUT2D eigenvalue weighted by molar-refractivity contribution is 6.42. The van der Waals surface area contributed by atoms with Crippen LogP contribution in [0.25, 0.3) is 0 Å².